The number of hydrogen-bond donors (Lipinski definition) is 0. The highest BCUT2D eigenvalue weighted by molar-refractivity contribution is 6.44. The van der Waals surface area contributed by atoms with Gasteiger partial charge in [-0.1, -0.05) is 37.0 Å². The van der Waals surface area contributed by atoms with Crippen LogP contribution in [0.15, 0.2) is 12.1 Å². The van der Waals surface area contributed by atoms with Gasteiger partial charge in [-0.05, 0) is 12.1 Å². The summed E-state index contributed by atoms with van der Waals surface area (Å²) in [6.07, 6.45) is 0. The molecule has 15 heavy (non-hydrogen) atoms. The molecule has 0 amide bonds. The molecule has 0 aliphatic carbocycles. The molecule has 0 aliphatic rings. The van der Waals surface area contributed by atoms with Crippen LogP contribution in [0, 0.1) is 5.92 Å². The van der Waals surface area contributed by atoms with Crippen molar-refractivity contribution in [2.75, 3.05) is 7.11 Å². The average Bonchev–Trinajstić information content (AvgIpc) is 2.21. The van der Waals surface area contributed by atoms with Crippen LogP contribution in [0.4, 0.5) is 0 Å². The predicted octanol–water partition coefficient (Wildman–Crippen LogP) is 3.84. The molecule has 0 aliphatic heterocycles. The maximum atomic E-state index is 11.7. The first-order chi connectivity index (χ1) is 6.99. The number of Topliss-reactive ketones (excluding diaryl/α,β-unsaturated/α-hetero) is 1. The van der Waals surface area contributed by atoms with Crippen molar-refractivity contribution in [3.63, 3.8) is 0 Å². The predicted molar refractivity (Wildman–Crippen MR) is 62.2 cm³/mol. The zero-order valence-corrected chi connectivity index (χ0v) is 10.3. The number of halogens is 2. The maximum Gasteiger partial charge on any atom is 0.166 e. The highest BCUT2D eigenvalue weighted by Crippen LogP contribution is 2.35. The Labute approximate surface area is 99.1 Å². The summed E-state index contributed by atoms with van der Waals surface area (Å²) >= 11 is 11.9. The fraction of sp³-hybridized carbons (Fsp3) is 0.364. The zero-order valence-electron chi connectivity index (χ0n) is 8.80. The third-order valence-corrected chi connectivity index (χ3v) is 2.92. The van der Waals surface area contributed by atoms with Gasteiger partial charge >= 0.3 is 0 Å². The molecule has 0 spiro atoms. The van der Waals surface area contributed by atoms with E-state index in [0.717, 1.165) is 0 Å². The second-order valence-corrected chi connectivity index (χ2v) is 4.22. The molecule has 1 aromatic rings. The van der Waals surface area contributed by atoms with Crippen LogP contribution in [0.5, 0.6) is 5.75 Å². The second kappa shape index (κ2) is 4.86. The van der Waals surface area contributed by atoms with E-state index in [9.17, 15) is 4.79 Å². The Bertz CT molecular complexity index is 386. The maximum absolute atomic E-state index is 11.7. The van der Waals surface area contributed by atoms with Crippen molar-refractivity contribution < 1.29 is 9.53 Å². The number of carbonyl (C=O) groups is 1. The van der Waals surface area contributed by atoms with Crippen LogP contribution >= 0.6 is 23.2 Å². The number of benzene rings is 1. The minimum atomic E-state index is -0.105. The summed E-state index contributed by atoms with van der Waals surface area (Å²) in [5.74, 6) is 0.346. The smallest absolute Gasteiger partial charge is 0.166 e. The van der Waals surface area contributed by atoms with E-state index in [-0.39, 0.29) is 21.7 Å². The largest absolute Gasteiger partial charge is 0.495 e. The molecule has 4 heteroatoms. The van der Waals surface area contributed by atoms with Crippen molar-refractivity contribution in [3.05, 3.63) is 27.7 Å². The monoisotopic (exact) mass is 246 g/mol. The van der Waals surface area contributed by atoms with Crippen LogP contribution in [0.1, 0.15) is 24.2 Å². The van der Waals surface area contributed by atoms with E-state index in [1.165, 1.54) is 7.11 Å². The lowest BCUT2D eigenvalue weighted by Crippen LogP contribution is -2.08. The highest BCUT2D eigenvalue weighted by Gasteiger charge is 2.18. The molecule has 0 atom stereocenters. The van der Waals surface area contributed by atoms with Gasteiger partial charge in [-0.3, -0.25) is 4.79 Å². The van der Waals surface area contributed by atoms with E-state index in [1.807, 2.05) is 13.8 Å². The van der Waals surface area contributed by atoms with E-state index in [1.54, 1.807) is 12.1 Å². The van der Waals surface area contributed by atoms with Crippen LogP contribution in [0.2, 0.25) is 10.0 Å². The van der Waals surface area contributed by atoms with Gasteiger partial charge in [-0.2, -0.15) is 0 Å². The van der Waals surface area contributed by atoms with E-state index >= 15 is 0 Å². The van der Waals surface area contributed by atoms with Crippen LogP contribution in [-0.4, -0.2) is 12.9 Å². The van der Waals surface area contributed by atoms with Gasteiger partial charge in [0.05, 0.1) is 12.1 Å². The first kappa shape index (κ1) is 12.3. The second-order valence-electron chi connectivity index (χ2n) is 3.46. The number of ketones is 1. The Morgan fingerprint density at radius 2 is 1.87 bits per heavy atom. The Hall–Kier alpha value is -0.730. The van der Waals surface area contributed by atoms with E-state index < -0.39 is 0 Å². The Kier molecular flexibility index (Phi) is 4.00. The van der Waals surface area contributed by atoms with Crippen molar-refractivity contribution in [1.82, 2.24) is 0 Å². The SMILES string of the molecule is COc1ccc(C(=O)C(C)C)c(Cl)c1Cl. The summed E-state index contributed by atoms with van der Waals surface area (Å²) in [6.45, 7) is 3.63. The fourth-order valence-corrected chi connectivity index (χ4v) is 1.68. The topological polar surface area (TPSA) is 26.3 Å². The summed E-state index contributed by atoms with van der Waals surface area (Å²) in [4.78, 5) is 11.7. The first-order valence-corrected chi connectivity index (χ1v) is 5.30. The van der Waals surface area contributed by atoms with Gasteiger partial charge in [0.25, 0.3) is 0 Å². The lowest BCUT2D eigenvalue weighted by molar-refractivity contribution is 0.0939. The third-order valence-electron chi connectivity index (χ3n) is 2.06. The molecule has 0 unspecified atom stereocenters. The first-order valence-electron chi connectivity index (χ1n) is 4.55. The quantitative estimate of drug-likeness (QED) is 0.758. The van der Waals surface area contributed by atoms with E-state index in [2.05, 4.69) is 0 Å². The summed E-state index contributed by atoms with van der Waals surface area (Å²) < 4.78 is 4.99. The molecule has 1 rings (SSSR count). The van der Waals surface area contributed by atoms with E-state index in [0.29, 0.717) is 11.3 Å². The van der Waals surface area contributed by atoms with Crippen molar-refractivity contribution in [1.29, 1.82) is 0 Å². The average molecular weight is 247 g/mol. The van der Waals surface area contributed by atoms with Gasteiger partial charge in [-0.15, -0.1) is 0 Å². The standard InChI is InChI=1S/C11H12Cl2O2/c1-6(2)11(14)7-4-5-8(15-3)10(13)9(7)12/h4-6H,1-3H3. The molecule has 1 aromatic carbocycles. The van der Waals surface area contributed by atoms with Gasteiger partial charge in [0.1, 0.15) is 10.8 Å². The molecule has 0 heterocycles. The summed E-state index contributed by atoms with van der Waals surface area (Å²) in [7, 11) is 1.50. The normalized spacial score (nSPS) is 10.5. The molecule has 0 saturated carbocycles. The number of hydrogen-bond acceptors (Lipinski definition) is 2. The molecule has 82 valence electrons. The van der Waals surface area contributed by atoms with E-state index in [4.69, 9.17) is 27.9 Å². The van der Waals surface area contributed by atoms with Gasteiger partial charge in [0.15, 0.2) is 5.78 Å². The molecule has 0 fully saturated rings. The summed E-state index contributed by atoms with van der Waals surface area (Å²) in [6, 6.07) is 3.28. The lowest BCUT2D eigenvalue weighted by Gasteiger charge is -2.10. The zero-order chi connectivity index (χ0) is 11.6. The minimum Gasteiger partial charge on any atom is -0.495 e. The number of ether oxygens (including phenoxy) is 1. The highest BCUT2D eigenvalue weighted by atomic mass is 35.5. The van der Waals surface area contributed by atoms with Crippen molar-refractivity contribution >= 4 is 29.0 Å². The van der Waals surface area contributed by atoms with Crippen molar-refractivity contribution in [2.24, 2.45) is 5.92 Å². The Morgan fingerprint density at radius 1 is 1.27 bits per heavy atom. The van der Waals surface area contributed by atoms with Crippen molar-refractivity contribution in [2.45, 2.75) is 13.8 Å². The number of rotatable bonds is 3. The molecule has 0 bridgehead atoms. The van der Waals surface area contributed by atoms with Gasteiger partial charge < -0.3 is 4.74 Å². The third kappa shape index (κ3) is 2.44. The van der Waals surface area contributed by atoms with Gasteiger partial charge in [0.2, 0.25) is 0 Å². The molecule has 0 saturated heterocycles. The molecule has 2 nitrogen and oxygen atoms in total. The fourth-order valence-electron chi connectivity index (χ4n) is 1.19. The van der Waals surface area contributed by atoms with Crippen LogP contribution < -0.4 is 4.74 Å². The van der Waals surface area contributed by atoms with Crippen molar-refractivity contribution in [3.8, 4) is 5.75 Å². The van der Waals surface area contributed by atoms with Gasteiger partial charge in [-0.25, -0.2) is 0 Å². The summed E-state index contributed by atoms with van der Waals surface area (Å²) in [5.41, 5.74) is 0.442. The minimum absolute atomic E-state index is 0.0236. The van der Waals surface area contributed by atoms with Crippen LogP contribution in [0.25, 0.3) is 0 Å². The molecule has 0 N–H and O–H groups in total. The van der Waals surface area contributed by atoms with Gasteiger partial charge in [0, 0.05) is 11.5 Å². The molecular formula is C11H12Cl2O2. The lowest BCUT2D eigenvalue weighted by atomic mass is 10.0. The Balaban J connectivity index is 3.23. The molecule has 0 aromatic heterocycles. The number of carbonyl (C=O) groups excluding carboxylic acids is 1. The van der Waals surface area contributed by atoms with Crippen LogP contribution in [0.3, 0.4) is 0 Å². The molecule has 0 radical (unpaired) electrons. The van der Waals surface area contributed by atoms with Crippen LogP contribution in [-0.2, 0) is 0 Å². The number of methoxy groups -OCH3 is 1. The molecular weight excluding hydrogens is 235 g/mol. The summed E-state index contributed by atoms with van der Waals surface area (Å²) in [5, 5.41) is 0.542. The Morgan fingerprint density at radius 3 is 2.33 bits per heavy atom.